The molecule has 0 aromatic carbocycles. The molecule has 1 aliphatic rings. The molecular weight excluding hydrogens is 268 g/mol. The predicted molar refractivity (Wildman–Crippen MR) is 65.5 cm³/mol. The van der Waals surface area contributed by atoms with Gasteiger partial charge in [0.05, 0.1) is 0 Å². The number of aromatic amines is 1. The second-order valence-electron chi connectivity index (χ2n) is 4.51. The van der Waals surface area contributed by atoms with Gasteiger partial charge in [0.2, 0.25) is 0 Å². The van der Waals surface area contributed by atoms with Crippen molar-refractivity contribution in [1.82, 2.24) is 4.98 Å². The van der Waals surface area contributed by atoms with Gasteiger partial charge < -0.3 is 4.98 Å². The molecule has 1 aromatic heterocycles. The fraction of sp³-hybridized carbons (Fsp3) is 0.500. The maximum absolute atomic E-state index is 11.8. The lowest BCUT2D eigenvalue weighted by Gasteiger charge is -2.13. The number of nitrogens with one attached hydrogen (secondary N) is 1. The Labute approximate surface area is 103 Å². The van der Waals surface area contributed by atoms with E-state index in [1.807, 2.05) is 19.9 Å². The number of hydrogen-bond acceptors (Lipinski definition) is 2. The summed E-state index contributed by atoms with van der Waals surface area (Å²) < 4.78 is 0.918. The Hall–Kier alpha value is -1.08. The molecule has 4 heteroatoms. The summed E-state index contributed by atoms with van der Waals surface area (Å²) in [6, 6.07) is 2.00. The zero-order chi connectivity index (χ0) is 11.9. The van der Waals surface area contributed by atoms with E-state index in [9.17, 15) is 4.79 Å². The summed E-state index contributed by atoms with van der Waals surface area (Å²) in [7, 11) is 0. The summed E-state index contributed by atoms with van der Waals surface area (Å²) in [6.45, 7) is 3.99. The van der Waals surface area contributed by atoms with Gasteiger partial charge in [0.25, 0.3) is 5.56 Å². The van der Waals surface area contributed by atoms with E-state index in [-0.39, 0.29) is 17.0 Å². The first-order valence-electron chi connectivity index (χ1n) is 5.42. The molecule has 0 unspecified atom stereocenters. The molecule has 0 atom stereocenters. The second-order valence-corrected chi connectivity index (χ2v) is 5.30. The first-order valence-corrected chi connectivity index (χ1v) is 6.21. The molecule has 16 heavy (non-hydrogen) atoms. The lowest BCUT2D eigenvalue weighted by molar-refractivity contribution is 0.831. The van der Waals surface area contributed by atoms with E-state index >= 15 is 0 Å². The molecule has 2 rings (SSSR count). The van der Waals surface area contributed by atoms with E-state index < -0.39 is 0 Å². The summed E-state index contributed by atoms with van der Waals surface area (Å²) >= 11 is 3.53. The van der Waals surface area contributed by atoms with Gasteiger partial charge in [-0.05, 0) is 40.3 Å². The predicted octanol–water partition coefficient (Wildman–Crippen LogP) is 3.01. The van der Waals surface area contributed by atoms with Crippen LogP contribution < -0.4 is 5.56 Å². The smallest absolute Gasteiger partial charge is 0.266 e. The van der Waals surface area contributed by atoms with Crippen LogP contribution in [0.2, 0.25) is 0 Å². The summed E-state index contributed by atoms with van der Waals surface area (Å²) in [4.78, 5) is 14.6. The minimum absolute atomic E-state index is 0.170. The highest BCUT2D eigenvalue weighted by molar-refractivity contribution is 9.10. The zero-order valence-corrected chi connectivity index (χ0v) is 10.9. The SMILES string of the molecule is CC(C)c1c(Br)c(C2CC2)[nH]c(=O)c1C#N. The highest BCUT2D eigenvalue weighted by Gasteiger charge is 2.29. The Balaban J connectivity index is 2.72. The van der Waals surface area contributed by atoms with Crippen molar-refractivity contribution in [2.45, 2.75) is 38.5 Å². The van der Waals surface area contributed by atoms with Gasteiger partial charge in [0, 0.05) is 16.1 Å². The Bertz CT molecular complexity index is 521. The third-order valence-electron chi connectivity index (χ3n) is 2.89. The topological polar surface area (TPSA) is 56.6 Å². The number of aromatic nitrogens is 1. The average molecular weight is 281 g/mol. The van der Waals surface area contributed by atoms with Crippen molar-refractivity contribution in [1.29, 1.82) is 5.26 Å². The van der Waals surface area contributed by atoms with Crippen molar-refractivity contribution in [2.75, 3.05) is 0 Å². The maximum atomic E-state index is 11.8. The summed E-state index contributed by atoms with van der Waals surface area (Å²) in [5.41, 5.74) is 1.79. The van der Waals surface area contributed by atoms with Crippen LogP contribution in [0.15, 0.2) is 9.27 Å². The second kappa shape index (κ2) is 4.06. The number of pyridine rings is 1. The Morgan fingerprint density at radius 1 is 1.50 bits per heavy atom. The summed E-state index contributed by atoms with van der Waals surface area (Å²) in [5.74, 6) is 0.635. The number of hydrogen-bond donors (Lipinski definition) is 1. The Morgan fingerprint density at radius 3 is 2.56 bits per heavy atom. The van der Waals surface area contributed by atoms with Gasteiger partial charge in [0.1, 0.15) is 11.6 Å². The Kier molecular flexibility index (Phi) is 2.90. The quantitative estimate of drug-likeness (QED) is 0.905. The Morgan fingerprint density at radius 2 is 2.12 bits per heavy atom. The molecule has 1 heterocycles. The van der Waals surface area contributed by atoms with Gasteiger partial charge in [-0.1, -0.05) is 13.8 Å². The highest BCUT2D eigenvalue weighted by atomic mass is 79.9. The number of nitrogens with zero attached hydrogens (tertiary/aromatic N) is 1. The van der Waals surface area contributed by atoms with Gasteiger partial charge >= 0.3 is 0 Å². The van der Waals surface area contributed by atoms with Crippen LogP contribution in [0.1, 0.15) is 55.3 Å². The third-order valence-corrected chi connectivity index (χ3v) is 3.75. The standard InChI is InChI=1S/C12H13BrN2O/c1-6(2)9-8(5-14)12(16)15-11(10(9)13)7-3-4-7/h6-7H,3-4H2,1-2H3,(H,15,16). The minimum Gasteiger partial charge on any atom is -0.324 e. The lowest BCUT2D eigenvalue weighted by Crippen LogP contribution is -2.17. The summed E-state index contributed by atoms with van der Waals surface area (Å²) in [6.07, 6.45) is 2.25. The van der Waals surface area contributed by atoms with E-state index in [2.05, 4.69) is 20.9 Å². The van der Waals surface area contributed by atoms with Crippen molar-refractivity contribution >= 4 is 15.9 Å². The van der Waals surface area contributed by atoms with Crippen molar-refractivity contribution in [2.24, 2.45) is 0 Å². The van der Waals surface area contributed by atoms with E-state index in [1.54, 1.807) is 0 Å². The molecule has 84 valence electrons. The van der Waals surface area contributed by atoms with Crippen LogP contribution in [0.25, 0.3) is 0 Å². The van der Waals surface area contributed by atoms with E-state index in [1.165, 1.54) is 0 Å². The van der Waals surface area contributed by atoms with Gasteiger partial charge in [-0.3, -0.25) is 4.79 Å². The van der Waals surface area contributed by atoms with Gasteiger partial charge in [-0.15, -0.1) is 0 Å². The zero-order valence-electron chi connectivity index (χ0n) is 9.30. The van der Waals surface area contributed by atoms with Gasteiger partial charge in [-0.25, -0.2) is 0 Å². The van der Waals surface area contributed by atoms with Crippen molar-refractivity contribution in [3.8, 4) is 6.07 Å². The van der Waals surface area contributed by atoms with Crippen LogP contribution in [-0.2, 0) is 0 Å². The molecule has 0 bridgehead atoms. The van der Waals surface area contributed by atoms with Crippen LogP contribution in [0, 0.1) is 11.3 Å². The minimum atomic E-state index is -0.253. The maximum Gasteiger partial charge on any atom is 0.266 e. The number of nitriles is 1. The summed E-state index contributed by atoms with van der Waals surface area (Å²) in [5, 5.41) is 9.03. The van der Waals surface area contributed by atoms with Crippen molar-refractivity contribution < 1.29 is 0 Å². The number of rotatable bonds is 2. The lowest BCUT2D eigenvalue weighted by atomic mass is 9.97. The first kappa shape index (κ1) is 11.4. The molecule has 0 radical (unpaired) electrons. The monoisotopic (exact) mass is 280 g/mol. The molecule has 1 fully saturated rings. The normalized spacial score (nSPS) is 15.2. The molecule has 0 saturated heterocycles. The van der Waals surface area contributed by atoms with Gasteiger partial charge in [0.15, 0.2) is 0 Å². The molecule has 0 aliphatic heterocycles. The number of halogens is 1. The van der Waals surface area contributed by atoms with Crippen LogP contribution in [0.3, 0.4) is 0 Å². The molecule has 1 saturated carbocycles. The van der Waals surface area contributed by atoms with E-state index in [0.29, 0.717) is 5.92 Å². The number of H-pyrrole nitrogens is 1. The van der Waals surface area contributed by atoms with Crippen molar-refractivity contribution in [3.63, 3.8) is 0 Å². The third kappa shape index (κ3) is 1.80. The molecule has 3 nitrogen and oxygen atoms in total. The first-order chi connectivity index (χ1) is 7.56. The van der Waals surface area contributed by atoms with Crippen LogP contribution in [0.4, 0.5) is 0 Å². The van der Waals surface area contributed by atoms with E-state index in [0.717, 1.165) is 28.6 Å². The fourth-order valence-corrected chi connectivity index (χ4v) is 3.00. The molecule has 0 amide bonds. The molecular formula is C12H13BrN2O. The fourth-order valence-electron chi connectivity index (χ4n) is 1.92. The highest BCUT2D eigenvalue weighted by Crippen LogP contribution is 2.43. The average Bonchev–Trinajstić information content (AvgIpc) is 3.03. The van der Waals surface area contributed by atoms with Crippen LogP contribution in [0.5, 0.6) is 0 Å². The molecule has 0 spiro atoms. The molecule has 1 aromatic rings. The molecule has 1 N–H and O–H groups in total. The van der Waals surface area contributed by atoms with Crippen LogP contribution in [-0.4, -0.2) is 4.98 Å². The van der Waals surface area contributed by atoms with E-state index in [4.69, 9.17) is 5.26 Å². The largest absolute Gasteiger partial charge is 0.324 e. The van der Waals surface area contributed by atoms with Gasteiger partial charge in [-0.2, -0.15) is 5.26 Å². The molecule has 1 aliphatic carbocycles. The van der Waals surface area contributed by atoms with Crippen molar-refractivity contribution in [3.05, 3.63) is 31.6 Å². The van der Waals surface area contributed by atoms with Crippen LogP contribution >= 0.6 is 15.9 Å².